The van der Waals surface area contributed by atoms with Gasteiger partial charge in [0.25, 0.3) is 0 Å². The Balaban J connectivity index is 1.66. The fourth-order valence-electron chi connectivity index (χ4n) is 3.18. The van der Waals surface area contributed by atoms with Crippen molar-refractivity contribution in [1.29, 1.82) is 0 Å². The van der Waals surface area contributed by atoms with Gasteiger partial charge in [-0.1, -0.05) is 88.7 Å². The second kappa shape index (κ2) is 7.71. The van der Waals surface area contributed by atoms with Crippen molar-refractivity contribution in [1.82, 2.24) is 0 Å². The van der Waals surface area contributed by atoms with Gasteiger partial charge in [0.2, 0.25) is 0 Å². The summed E-state index contributed by atoms with van der Waals surface area (Å²) in [5, 5.41) is 7.04. The van der Waals surface area contributed by atoms with Crippen molar-refractivity contribution in [2.24, 2.45) is 5.10 Å². The molecule has 0 fully saturated rings. The number of allylic oxidation sites excluding steroid dienone is 1. The molecule has 0 bridgehead atoms. The lowest BCUT2D eigenvalue weighted by atomic mass is 10.0. The molecule has 0 saturated carbocycles. The SMILES string of the molecule is Brc1cccc(N2N=C(/C=C/c3ccccc3)C[C@H]2c2ccccc2)c1. The van der Waals surface area contributed by atoms with E-state index >= 15 is 0 Å². The average molecular weight is 403 g/mol. The number of hydrazone groups is 1. The van der Waals surface area contributed by atoms with Crippen molar-refractivity contribution in [3.63, 3.8) is 0 Å². The molecule has 0 spiro atoms. The maximum Gasteiger partial charge on any atom is 0.0831 e. The molecule has 0 saturated heterocycles. The van der Waals surface area contributed by atoms with Crippen molar-refractivity contribution in [3.8, 4) is 0 Å². The van der Waals surface area contributed by atoms with E-state index in [0.717, 1.165) is 22.3 Å². The van der Waals surface area contributed by atoms with Crippen LogP contribution in [0.4, 0.5) is 5.69 Å². The lowest BCUT2D eigenvalue weighted by Gasteiger charge is -2.24. The number of halogens is 1. The molecule has 0 radical (unpaired) electrons. The Hall–Kier alpha value is -2.65. The molecule has 4 rings (SSSR count). The molecule has 1 aliphatic rings. The average Bonchev–Trinajstić information content (AvgIpc) is 3.12. The zero-order chi connectivity index (χ0) is 17.8. The highest BCUT2D eigenvalue weighted by molar-refractivity contribution is 9.10. The minimum Gasteiger partial charge on any atom is -0.257 e. The summed E-state index contributed by atoms with van der Waals surface area (Å²) >= 11 is 3.57. The molecular weight excluding hydrogens is 384 g/mol. The van der Waals surface area contributed by atoms with E-state index in [1.165, 1.54) is 11.1 Å². The molecule has 0 unspecified atom stereocenters. The molecule has 128 valence electrons. The quantitative estimate of drug-likeness (QED) is 0.488. The Morgan fingerprint density at radius 1 is 0.846 bits per heavy atom. The predicted molar refractivity (Wildman–Crippen MR) is 113 cm³/mol. The largest absolute Gasteiger partial charge is 0.257 e. The van der Waals surface area contributed by atoms with E-state index in [1.54, 1.807) is 0 Å². The highest BCUT2D eigenvalue weighted by atomic mass is 79.9. The first kappa shape index (κ1) is 16.8. The van der Waals surface area contributed by atoms with Crippen LogP contribution in [0.5, 0.6) is 0 Å². The summed E-state index contributed by atoms with van der Waals surface area (Å²) in [4.78, 5) is 0. The molecule has 3 aromatic rings. The minimum atomic E-state index is 0.209. The van der Waals surface area contributed by atoms with Crippen LogP contribution >= 0.6 is 15.9 Å². The second-order valence-electron chi connectivity index (χ2n) is 6.29. The van der Waals surface area contributed by atoms with Crippen molar-refractivity contribution in [2.45, 2.75) is 12.5 Å². The molecule has 26 heavy (non-hydrogen) atoms. The van der Waals surface area contributed by atoms with E-state index < -0.39 is 0 Å². The second-order valence-corrected chi connectivity index (χ2v) is 7.21. The predicted octanol–water partition coefficient (Wildman–Crippen LogP) is 6.47. The maximum absolute atomic E-state index is 4.91. The Morgan fingerprint density at radius 2 is 1.58 bits per heavy atom. The Morgan fingerprint density at radius 3 is 2.31 bits per heavy atom. The van der Waals surface area contributed by atoms with Gasteiger partial charge in [0, 0.05) is 10.9 Å². The highest BCUT2D eigenvalue weighted by Gasteiger charge is 2.28. The topological polar surface area (TPSA) is 15.6 Å². The van der Waals surface area contributed by atoms with Crippen molar-refractivity contribution < 1.29 is 0 Å². The van der Waals surface area contributed by atoms with Crippen LogP contribution in [0.2, 0.25) is 0 Å². The van der Waals surface area contributed by atoms with Gasteiger partial charge < -0.3 is 0 Å². The summed E-state index contributed by atoms with van der Waals surface area (Å²) in [6, 6.07) is 29.4. The Bertz CT molecular complexity index is 933. The first-order valence-corrected chi connectivity index (χ1v) is 9.49. The monoisotopic (exact) mass is 402 g/mol. The van der Waals surface area contributed by atoms with Gasteiger partial charge in [-0.15, -0.1) is 0 Å². The summed E-state index contributed by atoms with van der Waals surface area (Å²) < 4.78 is 1.06. The third-order valence-electron chi connectivity index (χ3n) is 4.46. The molecule has 3 aromatic carbocycles. The number of hydrogen-bond donors (Lipinski definition) is 0. The van der Waals surface area contributed by atoms with Crippen molar-refractivity contribution >= 4 is 33.4 Å². The third kappa shape index (κ3) is 3.78. The fraction of sp³-hybridized carbons (Fsp3) is 0.0870. The van der Waals surface area contributed by atoms with Crippen LogP contribution in [-0.4, -0.2) is 5.71 Å². The Labute approximate surface area is 162 Å². The standard InChI is InChI=1S/C23H19BrN2/c24-20-12-7-13-22(16-20)26-23(19-10-5-2-6-11-19)17-21(25-26)15-14-18-8-3-1-4-9-18/h1-16,23H,17H2/b15-14+/t23-/m0/s1. The number of rotatable bonds is 4. The van der Waals surface area contributed by atoms with Crippen molar-refractivity contribution in [3.05, 3.63) is 107 Å². The minimum absolute atomic E-state index is 0.209. The number of nitrogens with zero attached hydrogens (tertiary/aromatic N) is 2. The number of hydrogen-bond acceptors (Lipinski definition) is 2. The highest BCUT2D eigenvalue weighted by Crippen LogP contribution is 2.36. The molecule has 0 aromatic heterocycles. The van der Waals surface area contributed by atoms with E-state index in [1.807, 2.05) is 12.1 Å². The van der Waals surface area contributed by atoms with Gasteiger partial charge in [-0.2, -0.15) is 5.10 Å². The number of benzene rings is 3. The van der Waals surface area contributed by atoms with Crippen LogP contribution < -0.4 is 5.01 Å². The van der Waals surface area contributed by atoms with Gasteiger partial charge >= 0.3 is 0 Å². The summed E-state index contributed by atoms with van der Waals surface area (Å²) in [5.41, 5.74) is 4.64. The lowest BCUT2D eigenvalue weighted by molar-refractivity contribution is 0.709. The van der Waals surface area contributed by atoms with E-state index in [0.29, 0.717) is 0 Å². The summed E-state index contributed by atoms with van der Waals surface area (Å²) in [5.74, 6) is 0. The smallest absolute Gasteiger partial charge is 0.0831 e. The first-order valence-electron chi connectivity index (χ1n) is 8.70. The van der Waals surface area contributed by atoms with Gasteiger partial charge in [0.1, 0.15) is 0 Å². The van der Waals surface area contributed by atoms with Crippen LogP contribution in [0.25, 0.3) is 6.08 Å². The van der Waals surface area contributed by atoms with Gasteiger partial charge in [0.05, 0.1) is 17.4 Å². The van der Waals surface area contributed by atoms with Gasteiger partial charge in [-0.3, -0.25) is 5.01 Å². The fourth-order valence-corrected chi connectivity index (χ4v) is 3.57. The molecule has 1 heterocycles. The van der Waals surface area contributed by atoms with Crippen LogP contribution in [0, 0.1) is 0 Å². The molecule has 1 atom stereocenters. The van der Waals surface area contributed by atoms with E-state index in [2.05, 4.69) is 106 Å². The van der Waals surface area contributed by atoms with Crippen LogP contribution in [0.3, 0.4) is 0 Å². The molecule has 3 heteroatoms. The third-order valence-corrected chi connectivity index (χ3v) is 4.95. The van der Waals surface area contributed by atoms with E-state index in [-0.39, 0.29) is 6.04 Å². The van der Waals surface area contributed by atoms with Crippen LogP contribution in [0.1, 0.15) is 23.6 Å². The lowest BCUT2D eigenvalue weighted by Crippen LogP contribution is -2.18. The Kier molecular flexibility index (Phi) is 4.98. The van der Waals surface area contributed by atoms with Crippen LogP contribution in [0.15, 0.2) is 101 Å². The van der Waals surface area contributed by atoms with Gasteiger partial charge in [-0.25, -0.2) is 0 Å². The van der Waals surface area contributed by atoms with E-state index in [9.17, 15) is 0 Å². The summed E-state index contributed by atoms with van der Waals surface area (Å²) in [6.07, 6.45) is 5.15. The zero-order valence-electron chi connectivity index (χ0n) is 14.3. The zero-order valence-corrected chi connectivity index (χ0v) is 15.9. The first-order chi connectivity index (χ1) is 12.8. The summed E-state index contributed by atoms with van der Waals surface area (Å²) in [6.45, 7) is 0. The molecular formula is C23H19BrN2. The maximum atomic E-state index is 4.91. The molecule has 0 amide bonds. The molecule has 2 nitrogen and oxygen atoms in total. The van der Waals surface area contributed by atoms with Crippen molar-refractivity contribution in [2.75, 3.05) is 5.01 Å². The summed E-state index contributed by atoms with van der Waals surface area (Å²) in [7, 11) is 0. The molecule has 0 aliphatic carbocycles. The number of anilines is 1. The van der Waals surface area contributed by atoms with E-state index in [4.69, 9.17) is 5.10 Å². The molecule has 0 N–H and O–H groups in total. The van der Waals surface area contributed by atoms with Gasteiger partial charge in [0.15, 0.2) is 0 Å². The normalized spacial score (nSPS) is 16.9. The van der Waals surface area contributed by atoms with Gasteiger partial charge in [-0.05, 0) is 35.4 Å². The molecule has 1 aliphatic heterocycles. The van der Waals surface area contributed by atoms with Crippen LogP contribution in [-0.2, 0) is 0 Å².